The van der Waals surface area contributed by atoms with E-state index in [2.05, 4.69) is 0 Å². The lowest BCUT2D eigenvalue weighted by Gasteiger charge is -2.28. The number of aryl methyl sites for hydroxylation is 1. The molecule has 1 unspecified atom stereocenters. The highest BCUT2D eigenvalue weighted by Gasteiger charge is 2.35. The number of methoxy groups -OCH3 is 1. The zero-order chi connectivity index (χ0) is 18.9. The lowest BCUT2D eigenvalue weighted by Crippen LogP contribution is -2.42. The molecule has 0 bridgehead atoms. The van der Waals surface area contributed by atoms with E-state index < -0.39 is 9.84 Å². The summed E-state index contributed by atoms with van der Waals surface area (Å²) in [6, 6.07) is 4.47. The van der Waals surface area contributed by atoms with Crippen molar-refractivity contribution in [1.29, 1.82) is 0 Å². The molecule has 0 radical (unpaired) electrons. The molecule has 1 aliphatic rings. The number of halogens is 1. The molecule has 1 aliphatic heterocycles. The van der Waals surface area contributed by atoms with Crippen molar-refractivity contribution in [2.45, 2.75) is 25.8 Å². The van der Waals surface area contributed by atoms with E-state index in [0.29, 0.717) is 41.8 Å². The third kappa shape index (κ3) is 3.77. The van der Waals surface area contributed by atoms with Crippen molar-refractivity contribution < 1.29 is 22.3 Å². The van der Waals surface area contributed by atoms with E-state index in [0.717, 1.165) is 4.70 Å². The Morgan fingerprint density at radius 3 is 2.81 bits per heavy atom. The maximum absolute atomic E-state index is 14.2. The molecule has 1 fully saturated rings. The van der Waals surface area contributed by atoms with Crippen LogP contribution in [0.1, 0.15) is 28.1 Å². The molecule has 8 heteroatoms. The molecule has 3 rings (SSSR count). The van der Waals surface area contributed by atoms with Crippen LogP contribution in [0.25, 0.3) is 10.1 Å². The number of fused-ring (bicyclic) bond motifs is 1. The van der Waals surface area contributed by atoms with Crippen molar-refractivity contribution in [3.8, 4) is 0 Å². The van der Waals surface area contributed by atoms with Gasteiger partial charge in [-0.1, -0.05) is 6.07 Å². The summed E-state index contributed by atoms with van der Waals surface area (Å²) >= 11 is 1.26. The number of carbonyl (C=O) groups is 1. The molecular formula is C18H22FNO4S2. The largest absolute Gasteiger partial charge is 0.385 e. The Balaban J connectivity index is 1.94. The maximum Gasteiger partial charge on any atom is 0.264 e. The molecule has 1 aromatic carbocycles. The summed E-state index contributed by atoms with van der Waals surface area (Å²) in [4.78, 5) is 15.3. The molecule has 0 saturated carbocycles. The second-order valence-corrected chi connectivity index (χ2v) is 9.85. The molecule has 0 aliphatic carbocycles. The van der Waals surface area contributed by atoms with Gasteiger partial charge in [-0.15, -0.1) is 11.3 Å². The van der Waals surface area contributed by atoms with Gasteiger partial charge in [-0.25, -0.2) is 12.8 Å². The Morgan fingerprint density at radius 1 is 1.42 bits per heavy atom. The van der Waals surface area contributed by atoms with E-state index in [-0.39, 0.29) is 29.3 Å². The summed E-state index contributed by atoms with van der Waals surface area (Å²) in [5.74, 6) is -0.471. The lowest BCUT2D eigenvalue weighted by molar-refractivity contribution is 0.0679. The second kappa shape index (κ2) is 7.62. The molecule has 1 saturated heterocycles. The first-order chi connectivity index (χ1) is 12.3. The Morgan fingerprint density at radius 2 is 2.19 bits per heavy atom. The van der Waals surface area contributed by atoms with Gasteiger partial charge in [0.25, 0.3) is 5.91 Å². The molecule has 0 spiro atoms. The van der Waals surface area contributed by atoms with E-state index in [1.165, 1.54) is 17.4 Å². The molecule has 1 amide bonds. The van der Waals surface area contributed by atoms with E-state index in [4.69, 9.17) is 4.74 Å². The van der Waals surface area contributed by atoms with Crippen LogP contribution >= 0.6 is 11.3 Å². The van der Waals surface area contributed by atoms with Gasteiger partial charge in [0.2, 0.25) is 0 Å². The topological polar surface area (TPSA) is 63.7 Å². The minimum absolute atomic E-state index is 0.00989. The van der Waals surface area contributed by atoms with Crippen molar-refractivity contribution in [2.75, 3.05) is 31.8 Å². The third-order valence-corrected chi connectivity index (χ3v) is 7.75. The van der Waals surface area contributed by atoms with Gasteiger partial charge in [-0.2, -0.15) is 0 Å². The lowest BCUT2D eigenvalue weighted by atomic mass is 10.1. The average molecular weight is 400 g/mol. The number of ether oxygens (including phenoxy) is 1. The van der Waals surface area contributed by atoms with E-state index in [1.54, 1.807) is 31.1 Å². The summed E-state index contributed by atoms with van der Waals surface area (Å²) in [7, 11) is -1.52. The van der Waals surface area contributed by atoms with E-state index in [9.17, 15) is 17.6 Å². The minimum Gasteiger partial charge on any atom is -0.385 e. The molecule has 142 valence electrons. The van der Waals surface area contributed by atoms with Crippen LogP contribution in [0.2, 0.25) is 0 Å². The SMILES string of the molecule is COCCCN(C(=O)c1sc2cccc(F)c2c1C)C1CCS(=O)(=O)C1. The highest BCUT2D eigenvalue weighted by atomic mass is 32.2. The molecule has 2 heterocycles. The van der Waals surface area contributed by atoms with Gasteiger partial charge in [-0.05, 0) is 37.5 Å². The van der Waals surface area contributed by atoms with E-state index >= 15 is 0 Å². The summed E-state index contributed by atoms with van der Waals surface area (Å²) in [5, 5.41) is 0.469. The van der Waals surface area contributed by atoms with Gasteiger partial charge in [0.15, 0.2) is 9.84 Å². The second-order valence-electron chi connectivity index (χ2n) is 6.57. The number of thiophene rings is 1. The number of hydrogen-bond acceptors (Lipinski definition) is 5. The molecule has 26 heavy (non-hydrogen) atoms. The molecule has 0 N–H and O–H groups in total. The molecule has 1 aromatic heterocycles. The number of rotatable bonds is 6. The van der Waals surface area contributed by atoms with Crippen LogP contribution < -0.4 is 0 Å². The molecule has 5 nitrogen and oxygen atoms in total. The number of benzene rings is 1. The normalized spacial score (nSPS) is 19.1. The predicted octanol–water partition coefficient (Wildman–Crippen LogP) is 3.01. The van der Waals surface area contributed by atoms with Crippen LogP contribution in [0.4, 0.5) is 4.39 Å². The Hall–Kier alpha value is -1.51. The fourth-order valence-electron chi connectivity index (χ4n) is 3.44. The zero-order valence-corrected chi connectivity index (χ0v) is 16.5. The quantitative estimate of drug-likeness (QED) is 0.701. The van der Waals surface area contributed by atoms with Crippen LogP contribution in [0.3, 0.4) is 0 Å². The van der Waals surface area contributed by atoms with Crippen molar-refractivity contribution in [3.63, 3.8) is 0 Å². The van der Waals surface area contributed by atoms with Crippen molar-refractivity contribution in [1.82, 2.24) is 4.90 Å². The minimum atomic E-state index is -3.11. The molecule has 1 atom stereocenters. The monoisotopic (exact) mass is 399 g/mol. The first-order valence-corrected chi connectivity index (χ1v) is 11.2. The van der Waals surface area contributed by atoms with Crippen molar-refractivity contribution >= 4 is 37.2 Å². The summed E-state index contributed by atoms with van der Waals surface area (Å²) in [6.45, 7) is 2.65. The number of nitrogens with zero attached hydrogens (tertiary/aromatic N) is 1. The van der Waals surface area contributed by atoms with Crippen LogP contribution in [0, 0.1) is 12.7 Å². The number of carbonyl (C=O) groups excluding carboxylic acids is 1. The van der Waals surface area contributed by atoms with Crippen LogP contribution in [0.15, 0.2) is 18.2 Å². The predicted molar refractivity (Wildman–Crippen MR) is 101 cm³/mol. The van der Waals surface area contributed by atoms with Crippen molar-refractivity contribution in [3.05, 3.63) is 34.5 Å². The maximum atomic E-state index is 14.2. The first kappa shape index (κ1) is 19.3. The Labute approximate surface area is 156 Å². The van der Waals surface area contributed by atoms with Crippen molar-refractivity contribution in [2.24, 2.45) is 0 Å². The fraction of sp³-hybridized carbons (Fsp3) is 0.500. The summed E-state index contributed by atoms with van der Waals surface area (Å²) < 4.78 is 43.7. The number of amides is 1. The van der Waals surface area contributed by atoms with Gasteiger partial charge in [-0.3, -0.25) is 4.79 Å². The Bertz CT molecular complexity index is 923. The van der Waals surface area contributed by atoms with Crippen LogP contribution in [-0.4, -0.2) is 57.0 Å². The van der Waals surface area contributed by atoms with E-state index in [1.807, 2.05) is 0 Å². The Kier molecular flexibility index (Phi) is 5.64. The van der Waals surface area contributed by atoms with Gasteiger partial charge < -0.3 is 9.64 Å². The first-order valence-electron chi connectivity index (χ1n) is 8.52. The molecular weight excluding hydrogens is 377 g/mol. The average Bonchev–Trinajstić information content (AvgIpc) is 3.12. The van der Waals surface area contributed by atoms with Gasteiger partial charge in [0.05, 0.1) is 16.4 Å². The zero-order valence-electron chi connectivity index (χ0n) is 14.8. The van der Waals surface area contributed by atoms with Gasteiger partial charge >= 0.3 is 0 Å². The van der Waals surface area contributed by atoms with Gasteiger partial charge in [0, 0.05) is 36.4 Å². The van der Waals surface area contributed by atoms with Gasteiger partial charge in [0.1, 0.15) is 5.82 Å². The number of hydrogen-bond donors (Lipinski definition) is 0. The molecule has 2 aromatic rings. The number of sulfone groups is 1. The highest BCUT2D eigenvalue weighted by Crippen LogP contribution is 2.34. The standard InChI is InChI=1S/C18H22FNO4S2/c1-12-16-14(19)5-3-6-15(16)25-17(12)18(21)20(8-4-9-24-2)13-7-10-26(22,23)11-13/h3,5-6,13H,4,7-11H2,1-2H3. The summed E-state index contributed by atoms with van der Waals surface area (Å²) in [6.07, 6.45) is 1.07. The highest BCUT2D eigenvalue weighted by molar-refractivity contribution is 7.91. The summed E-state index contributed by atoms with van der Waals surface area (Å²) in [5.41, 5.74) is 0.616. The van der Waals surface area contributed by atoms with Crippen LogP contribution in [-0.2, 0) is 14.6 Å². The van der Waals surface area contributed by atoms with Crippen LogP contribution in [0.5, 0.6) is 0 Å². The fourth-order valence-corrected chi connectivity index (χ4v) is 6.35. The third-order valence-electron chi connectivity index (χ3n) is 4.75. The smallest absolute Gasteiger partial charge is 0.264 e.